The molecule has 0 saturated carbocycles. The van der Waals surface area contributed by atoms with Crippen LogP contribution in [-0.2, 0) is 0 Å². The molecule has 44 valence electrons. The Kier molecular flexibility index (Phi) is 1.54. The Morgan fingerprint density at radius 2 is 2.67 bits per heavy atom. The lowest BCUT2D eigenvalue weighted by Crippen LogP contribution is -2.03. The molecule has 4 heteroatoms. The SMILES string of the molecule is Cc1cncn1BC#N. The van der Waals surface area contributed by atoms with E-state index in [1.165, 1.54) is 0 Å². The lowest BCUT2D eigenvalue weighted by Gasteiger charge is -1.91. The number of nitriles is 1. The highest BCUT2D eigenvalue weighted by Gasteiger charge is 1.94. The van der Waals surface area contributed by atoms with Crippen LogP contribution in [0, 0.1) is 18.2 Å². The molecule has 0 amide bonds. The molecule has 0 aliphatic carbocycles. The van der Waals surface area contributed by atoms with Crippen LogP contribution >= 0.6 is 0 Å². The number of imidazole rings is 1. The molecule has 1 heterocycles. The molecule has 1 aromatic rings. The number of nitrogens with zero attached hydrogens (tertiary/aromatic N) is 3. The topological polar surface area (TPSA) is 41.6 Å². The average Bonchev–Trinajstić information content (AvgIpc) is 2.18. The van der Waals surface area contributed by atoms with E-state index in [9.17, 15) is 0 Å². The van der Waals surface area contributed by atoms with Gasteiger partial charge in [-0.25, -0.2) is 10.2 Å². The van der Waals surface area contributed by atoms with Crippen LogP contribution in [-0.4, -0.2) is 16.9 Å². The maximum absolute atomic E-state index is 8.26. The van der Waals surface area contributed by atoms with Crippen LogP contribution in [0.4, 0.5) is 0 Å². The van der Waals surface area contributed by atoms with Crippen molar-refractivity contribution in [1.82, 2.24) is 9.46 Å². The maximum Gasteiger partial charge on any atom is 0.365 e. The molecule has 0 saturated heterocycles. The minimum atomic E-state index is 0.395. The van der Waals surface area contributed by atoms with Gasteiger partial charge in [-0.05, 0) is 6.92 Å². The number of rotatable bonds is 1. The first-order chi connectivity index (χ1) is 4.34. The lowest BCUT2D eigenvalue weighted by atomic mass is 9.98. The van der Waals surface area contributed by atoms with Gasteiger partial charge in [0.25, 0.3) is 0 Å². The monoisotopic (exact) mass is 119 g/mol. The maximum atomic E-state index is 8.26. The van der Waals surface area contributed by atoms with E-state index in [0.29, 0.717) is 7.41 Å². The number of hydrogen-bond donors (Lipinski definition) is 0. The summed E-state index contributed by atoms with van der Waals surface area (Å²) < 4.78 is 1.79. The van der Waals surface area contributed by atoms with E-state index in [1.807, 2.05) is 12.9 Å². The molecule has 0 unspecified atom stereocenters. The molecule has 0 atom stereocenters. The summed E-state index contributed by atoms with van der Waals surface area (Å²) in [5, 5.41) is 8.26. The van der Waals surface area contributed by atoms with Crippen LogP contribution in [0.15, 0.2) is 12.5 Å². The van der Waals surface area contributed by atoms with Gasteiger partial charge in [0.15, 0.2) is 0 Å². The third kappa shape index (κ3) is 1.11. The van der Waals surface area contributed by atoms with E-state index in [0.717, 1.165) is 5.69 Å². The zero-order valence-electron chi connectivity index (χ0n) is 5.20. The number of aromatic nitrogens is 2. The lowest BCUT2D eigenvalue weighted by molar-refractivity contribution is 1.13. The van der Waals surface area contributed by atoms with Crippen molar-refractivity contribution in [3.05, 3.63) is 18.2 Å². The van der Waals surface area contributed by atoms with E-state index in [2.05, 4.69) is 4.98 Å². The summed E-state index contributed by atoms with van der Waals surface area (Å²) in [6.45, 7) is 1.92. The zero-order chi connectivity index (χ0) is 6.69. The van der Waals surface area contributed by atoms with E-state index >= 15 is 0 Å². The molecule has 3 nitrogen and oxygen atoms in total. The normalized spacial score (nSPS) is 8.44. The second kappa shape index (κ2) is 2.36. The van der Waals surface area contributed by atoms with Gasteiger partial charge in [-0.1, -0.05) is 0 Å². The highest BCUT2D eigenvalue weighted by Crippen LogP contribution is 1.90. The third-order valence-corrected chi connectivity index (χ3v) is 1.16. The van der Waals surface area contributed by atoms with Crippen molar-refractivity contribution in [1.29, 1.82) is 5.26 Å². The van der Waals surface area contributed by atoms with E-state index < -0.39 is 0 Å². The van der Waals surface area contributed by atoms with Gasteiger partial charge in [0.2, 0.25) is 0 Å². The van der Waals surface area contributed by atoms with Crippen molar-refractivity contribution < 1.29 is 0 Å². The van der Waals surface area contributed by atoms with Gasteiger partial charge in [0.05, 0.1) is 6.33 Å². The number of aryl methyl sites for hydroxylation is 1. The van der Waals surface area contributed by atoms with Gasteiger partial charge < -0.3 is 4.48 Å². The van der Waals surface area contributed by atoms with Crippen LogP contribution < -0.4 is 0 Å². The molecule has 0 spiro atoms. The van der Waals surface area contributed by atoms with Gasteiger partial charge in [-0.3, -0.25) is 0 Å². The van der Waals surface area contributed by atoms with Crippen molar-refractivity contribution in [2.45, 2.75) is 6.92 Å². The summed E-state index contributed by atoms with van der Waals surface area (Å²) in [7, 11) is 0.395. The zero-order valence-corrected chi connectivity index (χ0v) is 5.20. The van der Waals surface area contributed by atoms with Crippen LogP contribution in [0.5, 0.6) is 0 Å². The predicted octanol–water partition coefficient (Wildman–Crippen LogP) is -0.128. The number of hydrogen-bond acceptors (Lipinski definition) is 2. The summed E-state index contributed by atoms with van der Waals surface area (Å²) >= 11 is 0. The third-order valence-electron chi connectivity index (χ3n) is 1.16. The van der Waals surface area contributed by atoms with Gasteiger partial charge in [0, 0.05) is 17.9 Å². The van der Waals surface area contributed by atoms with E-state index in [4.69, 9.17) is 5.26 Å². The molecule has 0 aromatic carbocycles. The summed E-state index contributed by atoms with van der Waals surface area (Å²) in [6.07, 6.45) is 3.38. The fraction of sp³-hybridized carbons (Fsp3) is 0.200. The molecule has 0 bridgehead atoms. The highest BCUT2D eigenvalue weighted by atomic mass is 15.0. The second-order valence-electron chi connectivity index (χ2n) is 1.82. The second-order valence-corrected chi connectivity index (χ2v) is 1.82. The summed E-state index contributed by atoms with van der Waals surface area (Å²) in [5.74, 6) is 2.03. The van der Waals surface area contributed by atoms with E-state index in [1.54, 1.807) is 17.0 Å². The fourth-order valence-corrected chi connectivity index (χ4v) is 0.629. The van der Waals surface area contributed by atoms with Gasteiger partial charge in [-0.15, -0.1) is 0 Å². The Morgan fingerprint density at radius 1 is 1.89 bits per heavy atom. The van der Waals surface area contributed by atoms with Crippen molar-refractivity contribution in [2.75, 3.05) is 0 Å². The first kappa shape index (κ1) is 5.89. The molecule has 0 aliphatic rings. The molecule has 0 N–H and O–H groups in total. The largest absolute Gasteiger partial charge is 0.368 e. The molecular weight excluding hydrogens is 113 g/mol. The van der Waals surface area contributed by atoms with Crippen LogP contribution in [0.3, 0.4) is 0 Å². The van der Waals surface area contributed by atoms with Crippen LogP contribution in [0.1, 0.15) is 5.69 Å². The summed E-state index contributed by atoms with van der Waals surface area (Å²) in [5.41, 5.74) is 1.02. The Morgan fingerprint density at radius 3 is 3.11 bits per heavy atom. The van der Waals surface area contributed by atoms with Gasteiger partial charge in [0.1, 0.15) is 0 Å². The van der Waals surface area contributed by atoms with Crippen molar-refractivity contribution >= 4 is 7.41 Å². The Hall–Kier alpha value is -1.24. The highest BCUT2D eigenvalue weighted by molar-refractivity contribution is 6.43. The average molecular weight is 119 g/mol. The molecule has 0 aliphatic heterocycles. The quantitative estimate of drug-likeness (QED) is 0.483. The summed E-state index contributed by atoms with van der Waals surface area (Å²) in [6, 6.07) is 0. The standard InChI is InChI=1S/C5H6BN3/c1-5-2-8-4-9(5)6-3-7/h2,4,6H,1H3. The molecule has 1 rings (SSSR count). The molecule has 1 aromatic heterocycles. The Labute approximate surface area is 54.2 Å². The minimum Gasteiger partial charge on any atom is -0.368 e. The molecular formula is C5H6BN3. The van der Waals surface area contributed by atoms with Gasteiger partial charge >= 0.3 is 7.41 Å². The van der Waals surface area contributed by atoms with Crippen molar-refractivity contribution in [3.8, 4) is 5.97 Å². The van der Waals surface area contributed by atoms with Crippen molar-refractivity contribution in [2.24, 2.45) is 0 Å². The smallest absolute Gasteiger partial charge is 0.365 e. The van der Waals surface area contributed by atoms with Gasteiger partial charge in [-0.2, -0.15) is 0 Å². The predicted molar refractivity (Wildman–Crippen MR) is 35.1 cm³/mol. The minimum absolute atomic E-state index is 0.395. The molecule has 9 heavy (non-hydrogen) atoms. The summed E-state index contributed by atoms with van der Waals surface area (Å²) in [4.78, 5) is 3.85. The first-order valence-corrected chi connectivity index (χ1v) is 2.68. The first-order valence-electron chi connectivity index (χ1n) is 2.68. The molecule has 0 radical (unpaired) electrons. The van der Waals surface area contributed by atoms with Crippen LogP contribution in [0.25, 0.3) is 0 Å². The molecule has 0 fully saturated rings. The Bertz CT molecular complexity index is 235. The van der Waals surface area contributed by atoms with E-state index in [-0.39, 0.29) is 0 Å². The van der Waals surface area contributed by atoms with Crippen molar-refractivity contribution in [3.63, 3.8) is 0 Å². The van der Waals surface area contributed by atoms with Crippen LogP contribution in [0.2, 0.25) is 0 Å². The fourth-order valence-electron chi connectivity index (χ4n) is 0.629. The Balaban J connectivity index is 2.84.